The van der Waals surface area contributed by atoms with Crippen molar-refractivity contribution in [3.05, 3.63) is 57.2 Å². The summed E-state index contributed by atoms with van der Waals surface area (Å²) in [5.74, 6) is 1.90. The molecule has 0 aliphatic heterocycles. The molecule has 0 amide bonds. The van der Waals surface area contributed by atoms with Crippen LogP contribution in [-0.4, -0.2) is 27.0 Å². The third kappa shape index (κ3) is 3.38. The Morgan fingerprint density at radius 3 is 2.60 bits per heavy atom. The first-order valence-electron chi connectivity index (χ1n) is 8.42. The zero-order chi connectivity index (χ0) is 18.0. The number of benzene rings is 1. The molecular weight excluding hydrogens is 316 g/mol. The number of fused-ring (bicyclic) bond motifs is 1. The van der Waals surface area contributed by atoms with E-state index in [1.54, 1.807) is 7.11 Å². The molecule has 0 aliphatic carbocycles. The van der Waals surface area contributed by atoms with Crippen molar-refractivity contribution in [1.82, 2.24) is 19.9 Å². The van der Waals surface area contributed by atoms with Crippen LogP contribution in [0.1, 0.15) is 41.9 Å². The molecule has 0 spiro atoms. The Morgan fingerprint density at radius 2 is 1.92 bits per heavy atom. The number of nitrogens with one attached hydrogen (secondary N) is 1. The smallest absolute Gasteiger partial charge is 0.254 e. The van der Waals surface area contributed by atoms with Gasteiger partial charge < -0.3 is 9.72 Å². The molecule has 1 aromatic carbocycles. The molecular formula is C19H22N4O2. The summed E-state index contributed by atoms with van der Waals surface area (Å²) < 4.78 is 5.40. The minimum atomic E-state index is -0.0700. The van der Waals surface area contributed by atoms with Gasteiger partial charge >= 0.3 is 0 Å². The summed E-state index contributed by atoms with van der Waals surface area (Å²) in [6.07, 6.45) is 2.02. The van der Waals surface area contributed by atoms with E-state index in [1.165, 1.54) is 0 Å². The van der Waals surface area contributed by atoms with E-state index in [0.29, 0.717) is 23.8 Å². The van der Waals surface area contributed by atoms with Crippen LogP contribution >= 0.6 is 0 Å². The lowest BCUT2D eigenvalue weighted by atomic mass is 10.1. The summed E-state index contributed by atoms with van der Waals surface area (Å²) in [7, 11) is 1.63. The van der Waals surface area contributed by atoms with Crippen LogP contribution in [0.15, 0.2) is 23.0 Å². The molecule has 0 saturated heterocycles. The summed E-state index contributed by atoms with van der Waals surface area (Å²) in [6.45, 7) is 5.86. The van der Waals surface area contributed by atoms with Gasteiger partial charge in [0.25, 0.3) is 5.56 Å². The summed E-state index contributed by atoms with van der Waals surface area (Å²) >= 11 is 0. The molecule has 2 aromatic heterocycles. The molecule has 2 heterocycles. The molecule has 0 aliphatic rings. The standard InChI is InChI=1S/C19H22N4O2/c1-5-7-14-12(3)21-17(23-19(14)24)10-16-20-11(2)13-8-6-9-15(25-4)18(13)22-16/h6,8-9H,5,7,10H2,1-4H3,(H,21,23,24). The van der Waals surface area contributed by atoms with E-state index in [9.17, 15) is 4.79 Å². The number of ether oxygens (including phenoxy) is 1. The van der Waals surface area contributed by atoms with E-state index in [4.69, 9.17) is 4.74 Å². The molecule has 0 unspecified atom stereocenters. The Hall–Kier alpha value is -2.76. The maximum atomic E-state index is 12.3. The van der Waals surface area contributed by atoms with Crippen LogP contribution in [0.4, 0.5) is 0 Å². The van der Waals surface area contributed by atoms with Crippen molar-refractivity contribution in [3.8, 4) is 5.75 Å². The van der Waals surface area contributed by atoms with E-state index in [1.807, 2.05) is 39.0 Å². The zero-order valence-electron chi connectivity index (χ0n) is 15.0. The van der Waals surface area contributed by atoms with Crippen molar-refractivity contribution in [1.29, 1.82) is 0 Å². The third-order valence-corrected chi connectivity index (χ3v) is 4.24. The topological polar surface area (TPSA) is 80.8 Å². The molecule has 3 aromatic rings. The van der Waals surface area contributed by atoms with E-state index in [0.717, 1.165) is 40.7 Å². The van der Waals surface area contributed by atoms with Gasteiger partial charge in [-0.15, -0.1) is 0 Å². The number of H-pyrrole nitrogens is 1. The van der Waals surface area contributed by atoms with Crippen LogP contribution in [-0.2, 0) is 12.8 Å². The molecule has 0 radical (unpaired) electrons. The van der Waals surface area contributed by atoms with Crippen molar-refractivity contribution >= 4 is 10.9 Å². The molecule has 1 N–H and O–H groups in total. The predicted octanol–water partition coefficient (Wildman–Crippen LogP) is 2.88. The zero-order valence-corrected chi connectivity index (χ0v) is 15.0. The fourth-order valence-corrected chi connectivity index (χ4v) is 3.03. The van der Waals surface area contributed by atoms with Gasteiger partial charge in [0.05, 0.1) is 13.5 Å². The quantitative estimate of drug-likeness (QED) is 0.773. The third-order valence-electron chi connectivity index (χ3n) is 4.24. The van der Waals surface area contributed by atoms with Crippen LogP contribution < -0.4 is 10.3 Å². The number of aromatic nitrogens is 4. The summed E-state index contributed by atoms with van der Waals surface area (Å²) in [4.78, 5) is 28.8. The van der Waals surface area contributed by atoms with Crippen LogP contribution in [0.2, 0.25) is 0 Å². The van der Waals surface area contributed by atoms with Gasteiger partial charge in [0.1, 0.15) is 22.9 Å². The second-order valence-corrected chi connectivity index (χ2v) is 6.09. The minimum absolute atomic E-state index is 0.0700. The highest BCUT2D eigenvalue weighted by molar-refractivity contribution is 5.86. The van der Waals surface area contributed by atoms with Crippen molar-refractivity contribution < 1.29 is 4.74 Å². The van der Waals surface area contributed by atoms with Gasteiger partial charge in [-0.1, -0.05) is 25.5 Å². The first-order chi connectivity index (χ1) is 12.0. The molecule has 6 nitrogen and oxygen atoms in total. The van der Waals surface area contributed by atoms with Crippen molar-refractivity contribution in [2.75, 3.05) is 7.11 Å². The van der Waals surface area contributed by atoms with Crippen molar-refractivity contribution in [3.63, 3.8) is 0 Å². The van der Waals surface area contributed by atoms with Crippen molar-refractivity contribution in [2.24, 2.45) is 0 Å². The number of para-hydroxylation sites is 1. The number of rotatable bonds is 5. The average Bonchev–Trinajstić information content (AvgIpc) is 2.58. The molecule has 3 rings (SSSR count). The Bertz CT molecular complexity index is 979. The van der Waals surface area contributed by atoms with Crippen LogP contribution in [0.5, 0.6) is 5.75 Å². The lowest BCUT2D eigenvalue weighted by molar-refractivity contribution is 0.418. The first kappa shape index (κ1) is 17.1. The van der Waals surface area contributed by atoms with Gasteiger partial charge in [-0.2, -0.15) is 0 Å². The number of methoxy groups -OCH3 is 1. The largest absolute Gasteiger partial charge is 0.494 e. The highest BCUT2D eigenvalue weighted by Crippen LogP contribution is 2.25. The Kier molecular flexibility index (Phi) is 4.79. The number of hydrogen-bond acceptors (Lipinski definition) is 5. The van der Waals surface area contributed by atoms with Crippen molar-refractivity contribution in [2.45, 2.75) is 40.0 Å². The average molecular weight is 338 g/mol. The van der Waals surface area contributed by atoms with Gasteiger partial charge in [0, 0.05) is 22.3 Å². The minimum Gasteiger partial charge on any atom is -0.494 e. The van der Waals surface area contributed by atoms with Crippen LogP contribution in [0, 0.1) is 13.8 Å². The SMILES string of the molecule is CCCc1c(C)nc(Cc2nc(C)c3cccc(OC)c3n2)[nH]c1=O. The lowest BCUT2D eigenvalue weighted by Crippen LogP contribution is -2.19. The van der Waals surface area contributed by atoms with Gasteiger partial charge in [-0.25, -0.2) is 15.0 Å². The summed E-state index contributed by atoms with van der Waals surface area (Å²) in [5.41, 5.74) is 3.11. The highest BCUT2D eigenvalue weighted by Gasteiger charge is 2.12. The summed E-state index contributed by atoms with van der Waals surface area (Å²) in [6, 6.07) is 5.77. The second kappa shape index (κ2) is 7.01. The first-order valence-corrected chi connectivity index (χ1v) is 8.42. The molecule has 25 heavy (non-hydrogen) atoms. The molecule has 0 bridgehead atoms. The maximum absolute atomic E-state index is 12.3. The Balaban J connectivity index is 2.02. The van der Waals surface area contributed by atoms with E-state index in [2.05, 4.69) is 19.9 Å². The van der Waals surface area contributed by atoms with Gasteiger partial charge in [-0.05, 0) is 26.3 Å². The van der Waals surface area contributed by atoms with Gasteiger partial charge in [-0.3, -0.25) is 4.79 Å². The number of aryl methyl sites for hydroxylation is 2. The highest BCUT2D eigenvalue weighted by atomic mass is 16.5. The van der Waals surface area contributed by atoms with Gasteiger partial charge in [0.2, 0.25) is 0 Å². The number of aromatic amines is 1. The molecule has 0 saturated carbocycles. The number of hydrogen-bond donors (Lipinski definition) is 1. The molecule has 0 atom stereocenters. The Labute approximate surface area is 146 Å². The fraction of sp³-hybridized carbons (Fsp3) is 0.368. The Morgan fingerprint density at radius 1 is 1.12 bits per heavy atom. The number of nitrogens with zero attached hydrogens (tertiary/aromatic N) is 3. The van der Waals surface area contributed by atoms with E-state index < -0.39 is 0 Å². The predicted molar refractivity (Wildman–Crippen MR) is 97.2 cm³/mol. The second-order valence-electron chi connectivity index (χ2n) is 6.09. The monoisotopic (exact) mass is 338 g/mol. The molecule has 130 valence electrons. The molecule has 0 fully saturated rings. The van der Waals surface area contributed by atoms with Crippen LogP contribution in [0.3, 0.4) is 0 Å². The van der Waals surface area contributed by atoms with E-state index in [-0.39, 0.29) is 5.56 Å². The van der Waals surface area contributed by atoms with Crippen LogP contribution in [0.25, 0.3) is 10.9 Å². The fourth-order valence-electron chi connectivity index (χ4n) is 3.03. The lowest BCUT2D eigenvalue weighted by Gasteiger charge is -2.10. The maximum Gasteiger partial charge on any atom is 0.254 e. The van der Waals surface area contributed by atoms with Gasteiger partial charge in [0.15, 0.2) is 0 Å². The summed E-state index contributed by atoms with van der Waals surface area (Å²) in [5, 5.41) is 0.957. The normalized spacial score (nSPS) is 11.0. The van der Waals surface area contributed by atoms with E-state index >= 15 is 0 Å². The molecule has 6 heteroatoms.